The molecule has 1 aliphatic heterocycles. The van der Waals surface area contributed by atoms with Crippen LogP contribution in [-0.4, -0.2) is 68.1 Å². The topological polar surface area (TPSA) is 111 Å². The smallest absolute Gasteiger partial charge is 0.312 e. The van der Waals surface area contributed by atoms with Gasteiger partial charge in [-0.3, -0.25) is 4.79 Å². The van der Waals surface area contributed by atoms with E-state index >= 15 is 0 Å². The second kappa shape index (κ2) is 15.5. The fraction of sp³-hybridized carbons (Fsp3) is 0.463. The number of aromatic nitrogens is 2. The minimum absolute atomic E-state index is 0.00198. The molecule has 0 saturated carbocycles. The van der Waals surface area contributed by atoms with E-state index in [-0.39, 0.29) is 24.3 Å². The molecule has 5 rings (SSSR count). The summed E-state index contributed by atoms with van der Waals surface area (Å²) >= 11 is 0. The fourth-order valence-electron chi connectivity index (χ4n) is 5.99. The maximum atomic E-state index is 12.5. The fourth-order valence-corrected chi connectivity index (χ4v) is 7.28. The van der Waals surface area contributed by atoms with Gasteiger partial charge in [-0.2, -0.15) is 0 Å². The molecule has 4 aromatic rings. The Hall–Kier alpha value is -4.00. The molecular weight excluding hydrogens is 677 g/mol. The molecule has 3 aromatic carbocycles. The summed E-state index contributed by atoms with van der Waals surface area (Å²) in [6, 6.07) is 25.6. The van der Waals surface area contributed by atoms with E-state index in [1.165, 1.54) is 0 Å². The summed E-state index contributed by atoms with van der Waals surface area (Å²) in [6.07, 6.45) is 0.142. The van der Waals surface area contributed by atoms with Crippen LogP contribution in [0.15, 0.2) is 91.4 Å². The van der Waals surface area contributed by atoms with Crippen molar-refractivity contribution in [3.8, 4) is 11.5 Å². The summed E-state index contributed by atoms with van der Waals surface area (Å²) in [5.41, 5.74) is 1.46. The molecule has 0 aliphatic carbocycles. The molecule has 2 heterocycles. The Kier molecular flexibility index (Phi) is 11.7. The second-order valence-corrected chi connectivity index (χ2v) is 20.6. The maximum absolute atomic E-state index is 12.5. The zero-order valence-electron chi connectivity index (χ0n) is 32.1. The molecule has 10 nitrogen and oxygen atoms in total. The van der Waals surface area contributed by atoms with Crippen molar-refractivity contribution < 1.29 is 38.0 Å². The quantitative estimate of drug-likeness (QED) is 0.0843. The number of nitrogens with zero attached hydrogens (tertiary/aromatic N) is 2. The SMILES string of the molecule is COc1ccc(C(OC[C@H]2O[C@@H](c3cn(COC(=O)C(C)(C)C)cn3)[C@H](O[Si](C)(C)C(C)(C)C)[C@@H]2O)(c2ccccc2)c2ccc(OC)cc2)cc1. The van der Waals surface area contributed by atoms with Gasteiger partial charge < -0.3 is 37.8 Å². The monoisotopic (exact) mass is 730 g/mol. The molecule has 1 N–H and O–H groups in total. The van der Waals surface area contributed by atoms with Gasteiger partial charge in [0.25, 0.3) is 0 Å². The predicted octanol–water partition coefficient (Wildman–Crippen LogP) is 7.65. The number of rotatable bonds is 13. The third-order valence-corrected chi connectivity index (χ3v) is 14.6. The average Bonchev–Trinajstić information content (AvgIpc) is 3.71. The van der Waals surface area contributed by atoms with Gasteiger partial charge in [0, 0.05) is 6.20 Å². The summed E-state index contributed by atoms with van der Waals surface area (Å²) < 4.78 is 38.9. The maximum Gasteiger partial charge on any atom is 0.312 e. The molecule has 0 unspecified atom stereocenters. The van der Waals surface area contributed by atoms with Gasteiger partial charge in [0.15, 0.2) is 15.0 Å². The first-order chi connectivity index (χ1) is 24.5. The van der Waals surface area contributed by atoms with E-state index in [0.717, 1.165) is 28.2 Å². The van der Waals surface area contributed by atoms with Crippen LogP contribution in [0.3, 0.4) is 0 Å². The van der Waals surface area contributed by atoms with Gasteiger partial charge in [-0.15, -0.1) is 0 Å². The van der Waals surface area contributed by atoms with E-state index in [1.54, 1.807) is 31.3 Å². The first-order valence-electron chi connectivity index (χ1n) is 17.7. The number of hydrogen-bond acceptors (Lipinski definition) is 9. The molecule has 0 amide bonds. The minimum Gasteiger partial charge on any atom is -0.497 e. The lowest BCUT2D eigenvalue weighted by Gasteiger charge is -2.40. The van der Waals surface area contributed by atoms with Gasteiger partial charge in [0.2, 0.25) is 0 Å². The van der Waals surface area contributed by atoms with Crippen molar-refractivity contribution >= 4 is 14.3 Å². The number of hydrogen-bond donors (Lipinski definition) is 1. The lowest BCUT2D eigenvalue weighted by atomic mass is 9.80. The number of imidazole rings is 1. The Morgan fingerprint density at radius 3 is 1.88 bits per heavy atom. The lowest BCUT2D eigenvalue weighted by molar-refractivity contribution is -0.156. The molecule has 0 spiro atoms. The Labute approximate surface area is 309 Å². The average molecular weight is 731 g/mol. The van der Waals surface area contributed by atoms with Crippen LogP contribution in [0, 0.1) is 5.41 Å². The summed E-state index contributed by atoms with van der Waals surface area (Å²) in [5, 5.41) is 12.0. The highest BCUT2D eigenvalue weighted by molar-refractivity contribution is 6.74. The normalized spacial score (nSPS) is 19.8. The molecular formula is C41H54N2O8Si. The number of benzene rings is 3. The molecule has 1 aliphatic rings. The first-order valence-corrected chi connectivity index (χ1v) is 20.6. The Morgan fingerprint density at radius 2 is 1.38 bits per heavy atom. The van der Waals surface area contributed by atoms with Crippen molar-refractivity contribution in [2.75, 3.05) is 20.8 Å². The molecule has 1 aromatic heterocycles. The molecule has 1 saturated heterocycles. The van der Waals surface area contributed by atoms with Crippen molar-refractivity contribution in [2.24, 2.45) is 5.41 Å². The summed E-state index contributed by atoms with van der Waals surface area (Å²) in [5.74, 6) is 1.12. The van der Waals surface area contributed by atoms with Crippen molar-refractivity contribution in [2.45, 2.75) is 96.4 Å². The van der Waals surface area contributed by atoms with Crippen molar-refractivity contribution in [3.63, 3.8) is 0 Å². The number of aliphatic hydroxyl groups is 1. The van der Waals surface area contributed by atoms with E-state index in [4.69, 9.17) is 28.1 Å². The third-order valence-electron chi connectivity index (χ3n) is 10.1. The van der Waals surface area contributed by atoms with Crippen LogP contribution in [0.4, 0.5) is 0 Å². The zero-order chi connectivity index (χ0) is 37.9. The highest BCUT2D eigenvalue weighted by atomic mass is 28.4. The van der Waals surface area contributed by atoms with E-state index in [9.17, 15) is 9.90 Å². The summed E-state index contributed by atoms with van der Waals surface area (Å²) in [7, 11) is 0.870. The molecule has 11 heteroatoms. The number of esters is 1. The molecule has 280 valence electrons. The summed E-state index contributed by atoms with van der Waals surface area (Å²) in [6.45, 7) is 16.2. The van der Waals surface area contributed by atoms with Crippen molar-refractivity contribution in [1.82, 2.24) is 9.55 Å². The minimum atomic E-state index is -2.40. The second-order valence-electron chi connectivity index (χ2n) is 15.9. The Morgan fingerprint density at radius 1 is 0.846 bits per heavy atom. The molecule has 4 atom stereocenters. The number of methoxy groups -OCH3 is 2. The Balaban J connectivity index is 1.52. The van der Waals surface area contributed by atoms with Gasteiger partial charge >= 0.3 is 5.97 Å². The van der Waals surface area contributed by atoms with Crippen molar-refractivity contribution in [3.05, 3.63) is 114 Å². The number of carbonyl (C=O) groups is 1. The van der Waals surface area contributed by atoms with E-state index < -0.39 is 43.7 Å². The van der Waals surface area contributed by atoms with Crippen LogP contribution in [-0.2, 0) is 35.8 Å². The van der Waals surface area contributed by atoms with Gasteiger partial charge in [-0.25, -0.2) is 4.98 Å². The van der Waals surface area contributed by atoms with Crippen LogP contribution < -0.4 is 9.47 Å². The molecule has 0 radical (unpaired) electrons. The van der Waals surface area contributed by atoms with E-state index in [2.05, 4.69) is 38.8 Å². The van der Waals surface area contributed by atoms with Gasteiger partial charge in [-0.1, -0.05) is 75.4 Å². The standard InChI is InChI=1S/C41H54N2O8Si/c1-39(2,3)38(45)48-27-43-24-33(42-26-43)36-37(51-52(9,10)40(4,5)6)35(44)34(50-36)25-49-41(28-14-12-11-13-15-28,29-16-20-31(46-7)21-17-29)30-18-22-32(47-8)23-19-30/h11-24,26,34-37,44H,25,27H2,1-10H3/t34-,35-,36+,37-/m1/s1. The van der Waals surface area contributed by atoms with Crippen LogP contribution in [0.1, 0.15) is 70.0 Å². The number of aliphatic hydroxyl groups excluding tert-OH is 1. The largest absolute Gasteiger partial charge is 0.497 e. The van der Waals surface area contributed by atoms with E-state index in [0.29, 0.717) is 5.69 Å². The molecule has 0 bridgehead atoms. The van der Waals surface area contributed by atoms with Gasteiger partial charge in [-0.05, 0) is 79.9 Å². The number of ether oxygens (including phenoxy) is 5. The Bertz CT molecular complexity index is 1710. The van der Waals surface area contributed by atoms with Crippen LogP contribution >= 0.6 is 0 Å². The van der Waals surface area contributed by atoms with Gasteiger partial charge in [0.1, 0.15) is 41.5 Å². The first kappa shape index (κ1) is 39.2. The van der Waals surface area contributed by atoms with Crippen LogP contribution in [0.25, 0.3) is 0 Å². The highest BCUT2D eigenvalue weighted by Crippen LogP contribution is 2.45. The highest BCUT2D eigenvalue weighted by Gasteiger charge is 2.52. The third kappa shape index (κ3) is 8.29. The van der Waals surface area contributed by atoms with Crippen LogP contribution in [0.5, 0.6) is 11.5 Å². The van der Waals surface area contributed by atoms with Crippen LogP contribution in [0.2, 0.25) is 18.1 Å². The number of carbonyl (C=O) groups excluding carboxylic acids is 1. The molecule has 52 heavy (non-hydrogen) atoms. The summed E-state index contributed by atoms with van der Waals surface area (Å²) in [4.78, 5) is 17.1. The zero-order valence-corrected chi connectivity index (χ0v) is 33.1. The lowest BCUT2D eigenvalue weighted by Crippen LogP contribution is -2.48. The van der Waals surface area contributed by atoms with Gasteiger partial charge in [0.05, 0.1) is 38.3 Å². The van der Waals surface area contributed by atoms with Crippen molar-refractivity contribution in [1.29, 1.82) is 0 Å². The molecule has 1 fully saturated rings. The van der Waals surface area contributed by atoms with E-state index in [1.807, 2.05) is 99.6 Å². The predicted molar refractivity (Wildman–Crippen MR) is 202 cm³/mol.